The number of carbonyl (C=O) groups is 6. The number of nitrogens with zero attached hydrogens (tertiary/aromatic N) is 2. The number of H-pyrrole nitrogens is 1. The standard InChI is InChI=1S/C46H57N7O6/c1-28(2)23-36-46(59)53-22-14-21-38(53)42(55)48-35(24-30-15-8-6-9-16-30)41(54)49-37(25-31-17-10-7-11-18-31)45(58)52(5)39(43(56)51-40(29(3)4)44(57)50-36)26-32-27-47-34-20-13-12-19-33(32)34/h6-13,15-20,27-29,35-40,47H,14,21-26H2,1-5H3,(H,48,55)(H,49,54)(H,50,57)(H,51,56)/t35-,36-,37-,38-,39-,40-/m0/s1. The van der Waals surface area contributed by atoms with Crippen LogP contribution in [0.4, 0.5) is 0 Å². The normalized spacial score (nSPS) is 24.1. The van der Waals surface area contributed by atoms with Crippen molar-refractivity contribution in [3.05, 3.63) is 108 Å². The zero-order chi connectivity index (χ0) is 42.2. The highest BCUT2D eigenvalue weighted by atomic mass is 16.2. The van der Waals surface area contributed by atoms with Crippen molar-refractivity contribution < 1.29 is 28.8 Å². The summed E-state index contributed by atoms with van der Waals surface area (Å²) in [4.78, 5) is 93.0. The first-order chi connectivity index (χ1) is 28.3. The van der Waals surface area contributed by atoms with Gasteiger partial charge in [0.15, 0.2) is 0 Å². The van der Waals surface area contributed by atoms with Gasteiger partial charge < -0.3 is 36.1 Å². The zero-order valence-electron chi connectivity index (χ0n) is 34.6. The van der Waals surface area contributed by atoms with E-state index in [0.717, 1.165) is 27.6 Å². The molecule has 6 rings (SSSR count). The molecule has 2 aliphatic heterocycles. The van der Waals surface area contributed by atoms with Crippen LogP contribution < -0.4 is 21.3 Å². The second-order valence-electron chi connectivity index (χ2n) is 16.6. The lowest BCUT2D eigenvalue weighted by atomic mass is 9.97. The number of benzene rings is 3. The second kappa shape index (κ2) is 19.2. The van der Waals surface area contributed by atoms with Crippen molar-refractivity contribution in [3.8, 4) is 0 Å². The molecule has 0 spiro atoms. The van der Waals surface area contributed by atoms with Crippen LogP contribution in [0.25, 0.3) is 10.9 Å². The third-order valence-corrected chi connectivity index (χ3v) is 11.4. The van der Waals surface area contributed by atoms with Crippen LogP contribution in [0.15, 0.2) is 91.1 Å². The number of aromatic amines is 1. The average Bonchev–Trinajstić information content (AvgIpc) is 3.88. The molecule has 3 aromatic carbocycles. The molecule has 312 valence electrons. The Morgan fingerprint density at radius 1 is 0.627 bits per heavy atom. The Morgan fingerprint density at radius 3 is 1.86 bits per heavy atom. The van der Waals surface area contributed by atoms with E-state index in [1.165, 1.54) is 16.8 Å². The summed E-state index contributed by atoms with van der Waals surface area (Å²) in [5, 5.41) is 12.7. The summed E-state index contributed by atoms with van der Waals surface area (Å²) in [6.45, 7) is 7.80. The summed E-state index contributed by atoms with van der Waals surface area (Å²) in [6, 6.07) is 19.9. The van der Waals surface area contributed by atoms with Gasteiger partial charge in [-0.05, 0) is 53.9 Å². The number of hydrogen-bond acceptors (Lipinski definition) is 6. The third-order valence-electron chi connectivity index (χ3n) is 11.4. The first kappa shape index (κ1) is 42.6. The van der Waals surface area contributed by atoms with E-state index in [1.807, 2.05) is 105 Å². The van der Waals surface area contributed by atoms with Gasteiger partial charge in [0, 0.05) is 50.0 Å². The summed E-state index contributed by atoms with van der Waals surface area (Å²) in [7, 11) is 1.53. The summed E-state index contributed by atoms with van der Waals surface area (Å²) in [6.07, 6.45) is 3.36. The van der Waals surface area contributed by atoms with Crippen LogP contribution in [0.2, 0.25) is 0 Å². The van der Waals surface area contributed by atoms with Gasteiger partial charge in [0.25, 0.3) is 0 Å². The number of amides is 6. The minimum Gasteiger partial charge on any atom is -0.361 e. The van der Waals surface area contributed by atoms with E-state index >= 15 is 0 Å². The number of hydrogen-bond donors (Lipinski definition) is 5. The number of carbonyl (C=O) groups excluding carboxylic acids is 6. The fourth-order valence-corrected chi connectivity index (χ4v) is 8.20. The van der Waals surface area contributed by atoms with Crippen molar-refractivity contribution >= 4 is 46.3 Å². The van der Waals surface area contributed by atoms with Gasteiger partial charge in [-0.15, -0.1) is 0 Å². The van der Waals surface area contributed by atoms with E-state index in [0.29, 0.717) is 25.8 Å². The Labute approximate surface area is 346 Å². The largest absolute Gasteiger partial charge is 0.361 e. The molecule has 0 bridgehead atoms. The van der Waals surface area contributed by atoms with E-state index in [1.54, 1.807) is 13.8 Å². The van der Waals surface area contributed by atoms with E-state index in [-0.39, 0.29) is 25.2 Å². The second-order valence-corrected chi connectivity index (χ2v) is 16.6. The number of fused-ring (bicyclic) bond motifs is 2. The highest BCUT2D eigenvalue weighted by molar-refractivity contribution is 5.99. The van der Waals surface area contributed by atoms with Crippen molar-refractivity contribution in [2.45, 2.75) is 102 Å². The molecule has 0 saturated carbocycles. The summed E-state index contributed by atoms with van der Waals surface area (Å²) in [5.74, 6) is -3.48. The molecule has 2 aliphatic rings. The number of para-hydroxylation sites is 1. The van der Waals surface area contributed by atoms with E-state index in [9.17, 15) is 28.8 Å². The first-order valence-electron chi connectivity index (χ1n) is 20.7. The average molecular weight is 804 g/mol. The molecule has 2 saturated heterocycles. The van der Waals surface area contributed by atoms with Gasteiger partial charge in [-0.1, -0.05) is 107 Å². The number of nitrogens with one attached hydrogen (secondary N) is 5. The van der Waals surface area contributed by atoms with Crippen LogP contribution in [0.5, 0.6) is 0 Å². The predicted molar refractivity (Wildman–Crippen MR) is 226 cm³/mol. The predicted octanol–water partition coefficient (Wildman–Crippen LogP) is 3.67. The Balaban J connectivity index is 1.44. The fourth-order valence-electron chi connectivity index (χ4n) is 8.20. The highest BCUT2D eigenvalue weighted by Gasteiger charge is 2.42. The first-order valence-corrected chi connectivity index (χ1v) is 20.7. The quantitative estimate of drug-likeness (QED) is 0.173. The lowest BCUT2D eigenvalue weighted by molar-refractivity contribution is -0.145. The van der Waals surface area contributed by atoms with Gasteiger partial charge in [-0.2, -0.15) is 0 Å². The van der Waals surface area contributed by atoms with Crippen molar-refractivity contribution in [2.24, 2.45) is 11.8 Å². The summed E-state index contributed by atoms with van der Waals surface area (Å²) < 4.78 is 0. The van der Waals surface area contributed by atoms with Crippen LogP contribution in [0.3, 0.4) is 0 Å². The number of likely N-dealkylation sites (N-methyl/N-ethyl adjacent to an activating group) is 1. The van der Waals surface area contributed by atoms with Crippen molar-refractivity contribution in [1.29, 1.82) is 0 Å². The van der Waals surface area contributed by atoms with Gasteiger partial charge in [0.2, 0.25) is 35.4 Å². The molecule has 59 heavy (non-hydrogen) atoms. The highest BCUT2D eigenvalue weighted by Crippen LogP contribution is 2.24. The van der Waals surface area contributed by atoms with Gasteiger partial charge in [0.05, 0.1) is 0 Å². The maximum absolute atomic E-state index is 14.9. The smallest absolute Gasteiger partial charge is 0.245 e. The molecule has 6 atom stereocenters. The maximum atomic E-state index is 14.9. The van der Waals surface area contributed by atoms with Crippen LogP contribution in [-0.2, 0) is 48.0 Å². The minimum atomic E-state index is -1.15. The molecule has 13 nitrogen and oxygen atoms in total. The molecule has 13 heteroatoms. The van der Waals surface area contributed by atoms with E-state index in [4.69, 9.17) is 0 Å². The monoisotopic (exact) mass is 803 g/mol. The Kier molecular flexibility index (Phi) is 13.9. The lowest BCUT2D eigenvalue weighted by Crippen LogP contribution is -2.62. The van der Waals surface area contributed by atoms with Gasteiger partial charge >= 0.3 is 0 Å². The van der Waals surface area contributed by atoms with Gasteiger partial charge in [-0.3, -0.25) is 28.8 Å². The molecule has 1 aromatic heterocycles. The molecule has 6 amide bonds. The molecule has 0 radical (unpaired) electrons. The molecule has 3 heterocycles. The van der Waals surface area contributed by atoms with Crippen LogP contribution in [-0.4, -0.2) is 100 Å². The zero-order valence-corrected chi connectivity index (χ0v) is 34.6. The van der Waals surface area contributed by atoms with Crippen LogP contribution in [0, 0.1) is 11.8 Å². The van der Waals surface area contributed by atoms with Crippen molar-refractivity contribution in [3.63, 3.8) is 0 Å². The molecule has 4 aromatic rings. The molecule has 2 fully saturated rings. The Bertz CT molecular complexity index is 2120. The molecular formula is C46H57N7O6. The minimum absolute atomic E-state index is 0.00655. The van der Waals surface area contributed by atoms with E-state index < -0.39 is 77.6 Å². The Hall–Kier alpha value is -5.98. The summed E-state index contributed by atoms with van der Waals surface area (Å²) in [5.41, 5.74) is 3.20. The number of rotatable bonds is 9. The van der Waals surface area contributed by atoms with Gasteiger partial charge in [0.1, 0.15) is 36.3 Å². The molecule has 5 N–H and O–H groups in total. The van der Waals surface area contributed by atoms with Gasteiger partial charge in [-0.25, -0.2) is 0 Å². The van der Waals surface area contributed by atoms with Crippen molar-refractivity contribution in [2.75, 3.05) is 13.6 Å². The van der Waals surface area contributed by atoms with Crippen LogP contribution >= 0.6 is 0 Å². The maximum Gasteiger partial charge on any atom is 0.245 e. The number of aromatic nitrogens is 1. The SMILES string of the molecule is CC(C)C[C@@H]1NC(=O)[C@H](C(C)C)NC(=O)[C@H](Cc2c[nH]c3ccccc23)N(C)C(=O)[C@H](Cc2ccccc2)NC(=O)[C@H](Cc2ccccc2)NC(=O)[C@@H]2CCCN2C1=O. The van der Waals surface area contributed by atoms with E-state index in [2.05, 4.69) is 26.3 Å². The molecule has 0 aliphatic carbocycles. The fraction of sp³-hybridized carbons (Fsp3) is 0.435. The molecular weight excluding hydrogens is 747 g/mol. The topological polar surface area (TPSA) is 173 Å². The lowest BCUT2D eigenvalue weighted by Gasteiger charge is -2.35. The molecule has 0 unspecified atom stereocenters. The Morgan fingerprint density at radius 2 is 1.22 bits per heavy atom. The summed E-state index contributed by atoms with van der Waals surface area (Å²) >= 11 is 0. The van der Waals surface area contributed by atoms with Crippen LogP contribution in [0.1, 0.15) is 63.6 Å². The van der Waals surface area contributed by atoms with Crippen molar-refractivity contribution in [1.82, 2.24) is 36.1 Å². The third kappa shape index (κ3) is 10.4.